The molecule has 0 bridgehead atoms. The molecule has 1 atom stereocenters. The molecule has 0 aliphatic rings. The minimum Gasteiger partial charge on any atom is -0.347 e. The molecule has 1 rings (SSSR count). The molecule has 0 aliphatic heterocycles. The zero-order chi connectivity index (χ0) is 7.56. The number of aromatic nitrogens is 2. The highest BCUT2D eigenvalue weighted by molar-refractivity contribution is 6.30. The zero-order valence-corrected chi connectivity index (χ0v) is 6.22. The van der Waals surface area contributed by atoms with Crippen molar-refractivity contribution in [3.05, 3.63) is 18.2 Å². The van der Waals surface area contributed by atoms with Crippen molar-refractivity contribution in [1.82, 2.24) is 9.97 Å². The molecule has 4 heteroatoms. The van der Waals surface area contributed by atoms with Gasteiger partial charge in [0.2, 0.25) is 0 Å². The van der Waals surface area contributed by atoms with Crippen molar-refractivity contribution in [3.63, 3.8) is 0 Å². The van der Waals surface area contributed by atoms with Gasteiger partial charge in [-0.15, -0.1) is 11.6 Å². The van der Waals surface area contributed by atoms with Crippen LogP contribution in [0.15, 0.2) is 12.4 Å². The van der Waals surface area contributed by atoms with Gasteiger partial charge in [-0.05, 0) is 6.92 Å². The fraction of sp³-hybridized carbons (Fsp3) is 0.333. The van der Waals surface area contributed by atoms with Crippen molar-refractivity contribution in [2.24, 2.45) is 0 Å². The summed E-state index contributed by atoms with van der Waals surface area (Å²) in [5.74, 6) is 0.408. The average molecular weight is 159 g/mol. The van der Waals surface area contributed by atoms with E-state index >= 15 is 0 Å². The lowest BCUT2D eigenvalue weighted by Gasteiger charge is -1.98. The van der Waals surface area contributed by atoms with E-state index in [1.54, 1.807) is 12.4 Å². The van der Waals surface area contributed by atoms with Crippen LogP contribution >= 0.6 is 11.6 Å². The number of nitrogens with one attached hydrogen (secondary N) is 1. The lowest BCUT2D eigenvalue weighted by molar-refractivity contribution is -0.116. The molecular weight excluding hydrogens is 152 g/mol. The van der Waals surface area contributed by atoms with Gasteiger partial charge in [0.1, 0.15) is 11.2 Å². The number of Topliss-reactive ketones (excluding diaryl/α,β-unsaturated/α-hetero) is 1. The van der Waals surface area contributed by atoms with E-state index in [-0.39, 0.29) is 5.78 Å². The molecule has 1 heterocycles. The topological polar surface area (TPSA) is 45.8 Å². The minimum absolute atomic E-state index is 0.100. The Bertz CT molecular complexity index is 220. The number of halogens is 1. The number of carbonyl (C=O) groups is 1. The number of nitrogens with zero attached hydrogens (tertiary/aromatic N) is 1. The van der Waals surface area contributed by atoms with Gasteiger partial charge >= 0.3 is 0 Å². The van der Waals surface area contributed by atoms with Crippen LogP contribution in [0.2, 0.25) is 0 Å². The fourth-order valence-corrected chi connectivity index (χ4v) is 0.728. The number of carbonyl (C=O) groups excluding carboxylic acids is 1. The first-order valence-corrected chi connectivity index (χ1v) is 3.29. The van der Waals surface area contributed by atoms with Gasteiger partial charge in [0.25, 0.3) is 0 Å². The molecule has 1 N–H and O–H groups in total. The van der Waals surface area contributed by atoms with Gasteiger partial charge in [0.05, 0.1) is 0 Å². The largest absolute Gasteiger partial charge is 0.347 e. The van der Waals surface area contributed by atoms with Crippen LogP contribution in [0.25, 0.3) is 0 Å². The number of alkyl halides is 1. The summed E-state index contributed by atoms with van der Waals surface area (Å²) in [7, 11) is 0. The molecule has 0 radical (unpaired) electrons. The molecule has 1 aromatic heterocycles. The molecule has 0 aliphatic carbocycles. The number of hydrogen-bond acceptors (Lipinski definition) is 2. The van der Waals surface area contributed by atoms with Crippen LogP contribution in [0.5, 0.6) is 0 Å². The quantitative estimate of drug-likeness (QED) is 0.659. The van der Waals surface area contributed by atoms with E-state index in [9.17, 15) is 4.79 Å². The first-order chi connectivity index (χ1) is 4.72. The molecule has 0 saturated heterocycles. The smallest absolute Gasteiger partial charge is 0.155 e. The summed E-state index contributed by atoms with van der Waals surface area (Å²) in [6.45, 7) is 1.43. The summed E-state index contributed by atoms with van der Waals surface area (Å²) < 4.78 is 0. The highest BCUT2D eigenvalue weighted by atomic mass is 35.5. The van der Waals surface area contributed by atoms with Crippen molar-refractivity contribution in [1.29, 1.82) is 0 Å². The molecule has 0 spiro atoms. The summed E-state index contributed by atoms with van der Waals surface area (Å²) in [4.78, 5) is 17.2. The molecule has 1 aromatic rings. The number of imidazole rings is 1. The van der Waals surface area contributed by atoms with Crippen molar-refractivity contribution in [2.75, 3.05) is 0 Å². The molecule has 3 nitrogen and oxygen atoms in total. The second kappa shape index (κ2) is 2.84. The summed E-state index contributed by atoms with van der Waals surface area (Å²) in [5, 5.41) is -0.630. The van der Waals surface area contributed by atoms with E-state index in [1.165, 1.54) is 6.92 Å². The summed E-state index contributed by atoms with van der Waals surface area (Å²) in [5.41, 5.74) is 0. The van der Waals surface area contributed by atoms with Gasteiger partial charge in [-0.3, -0.25) is 4.79 Å². The summed E-state index contributed by atoms with van der Waals surface area (Å²) >= 11 is 5.64. The van der Waals surface area contributed by atoms with Crippen LogP contribution in [0.3, 0.4) is 0 Å². The second-order valence-corrected chi connectivity index (χ2v) is 2.38. The lowest BCUT2D eigenvalue weighted by Crippen LogP contribution is -2.02. The number of rotatable bonds is 2. The normalized spacial score (nSPS) is 13.0. The van der Waals surface area contributed by atoms with Crippen molar-refractivity contribution < 1.29 is 4.79 Å². The molecule has 1 unspecified atom stereocenters. The number of hydrogen-bond donors (Lipinski definition) is 1. The Morgan fingerprint density at radius 3 is 3.00 bits per heavy atom. The predicted octanol–water partition coefficient (Wildman–Crippen LogP) is 1.28. The molecule has 10 heavy (non-hydrogen) atoms. The molecule has 0 aromatic carbocycles. The Hall–Kier alpha value is -0.830. The van der Waals surface area contributed by atoms with E-state index in [0.29, 0.717) is 5.82 Å². The van der Waals surface area contributed by atoms with Gasteiger partial charge in [-0.25, -0.2) is 4.98 Å². The maximum atomic E-state index is 10.7. The third kappa shape index (κ3) is 1.36. The van der Waals surface area contributed by atoms with E-state index < -0.39 is 5.38 Å². The van der Waals surface area contributed by atoms with Gasteiger partial charge in [-0.1, -0.05) is 0 Å². The average Bonchev–Trinajstić information content (AvgIpc) is 2.36. The molecule has 0 fully saturated rings. The predicted molar refractivity (Wildman–Crippen MR) is 37.9 cm³/mol. The van der Waals surface area contributed by atoms with Crippen LogP contribution in [0.1, 0.15) is 18.1 Å². The number of H-pyrrole nitrogens is 1. The van der Waals surface area contributed by atoms with E-state index in [1.807, 2.05) is 0 Å². The zero-order valence-electron chi connectivity index (χ0n) is 5.47. The monoisotopic (exact) mass is 158 g/mol. The lowest BCUT2D eigenvalue weighted by atomic mass is 10.3. The third-order valence-electron chi connectivity index (χ3n) is 1.12. The molecule has 54 valence electrons. The highest BCUT2D eigenvalue weighted by Crippen LogP contribution is 2.15. The Balaban J connectivity index is 2.77. The summed E-state index contributed by atoms with van der Waals surface area (Å²) in [6, 6.07) is 0. The van der Waals surface area contributed by atoms with E-state index in [2.05, 4.69) is 9.97 Å². The van der Waals surface area contributed by atoms with Gasteiger partial charge in [0, 0.05) is 12.4 Å². The van der Waals surface area contributed by atoms with Crippen LogP contribution in [-0.2, 0) is 4.79 Å². The second-order valence-electron chi connectivity index (χ2n) is 1.95. The maximum Gasteiger partial charge on any atom is 0.155 e. The first-order valence-electron chi connectivity index (χ1n) is 2.85. The van der Waals surface area contributed by atoms with Crippen molar-refractivity contribution in [2.45, 2.75) is 12.3 Å². The first kappa shape index (κ1) is 7.28. The molecule has 0 amide bonds. The van der Waals surface area contributed by atoms with Crippen LogP contribution < -0.4 is 0 Å². The highest BCUT2D eigenvalue weighted by Gasteiger charge is 2.14. The van der Waals surface area contributed by atoms with Crippen LogP contribution in [-0.4, -0.2) is 15.8 Å². The van der Waals surface area contributed by atoms with Gasteiger partial charge in [-0.2, -0.15) is 0 Å². The Labute approximate surface area is 63.4 Å². The maximum absolute atomic E-state index is 10.7. The van der Waals surface area contributed by atoms with Gasteiger partial charge < -0.3 is 4.98 Å². The fourth-order valence-electron chi connectivity index (χ4n) is 0.609. The number of ketones is 1. The Kier molecular flexibility index (Phi) is 2.06. The minimum atomic E-state index is -0.630. The number of aromatic amines is 1. The van der Waals surface area contributed by atoms with Crippen molar-refractivity contribution in [3.8, 4) is 0 Å². The van der Waals surface area contributed by atoms with Crippen LogP contribution in [0.4, 0.5) is 0 Å². The van der Waals surface area contributed by atoms with Crippen molar-refractivity contribution >= 4 is 17.4 Å². The molecular formula is C6H7ClN2O. The Morgan fingerprint density at radius 2 is 2.60 bits per heavy atom. The standard InChI is InChI=1S/C6H7ClN2O/c1-4(10)5(7)6-8-2-3-9-6/h2-3,5H,1H3,(H,8,9). The third-order valence-corrected chi connectivity index (χ3v) is 1.63. The van der Waals surface area contributed by atoms with E-state index in [0.717, 1.165) is 0 Å². The molecule has 0 saturated carbocycles. The van der Waals surface area contributed by atoms with E-state index in [4.69, 9.17) is 11.6 Å². The Morgan fingerprint density at radius 1 is 1.90 bits per heavy atom. The van der Waals surface area contributed by atoms with Gasteiger partial charge in [0.15, 0.2) is 5.78 Å². The summed E-state index contributed by atoms with van der Waals surface area (Å²) in [6.07, 6.45) is 3.20. The SMILES string of the molecule is CC(=O)C(Cl)c1ncc[nH]1. The van der Waals surface area contributed by atoms with Crippen LogP contribution in [0, 0.1) is 0 Å².